The van der Waals surface area contributed by atoms with Gasteiger partial charge < -0.3 is 13.4 Å². The Morgan fingerprint density at radius 3 is 1.00 bits per heavy atom. The Balaban J connectivity index is 0.000000637. The highest BCUT2D eigenvalue weighted by molar-refractivity contribution is 5.18. The summed E-state index contributed by atoms with van der Waals surface area (Å²) in [6.45, 7) is 45.7. The van der Waals surface area contributed by atoms with Gasteiger partial charge in [0.05, 0.1) is 65.2 Å². The van der Waals surface area contributed by atoms with Crippen molar-refractivity contribution in [3.05, 3.63) is 0 Å². The molecule has 4 heterocycles. The molecule has 0 amide bonds. The zero-order valence-electron chi connectivity index (χ0n) is 33.5. The lowest BCUT2D eigenvalue weighted by atomic mass is 9.56. The summed E-state index contributed by atoms with van der Waals surface area (Å²) in [5, 5.41) is 0. The smallest absolute Gasteiger partial charge is 0.104 e. The third kappa shape index (κ3) is 6.29. The van der Waals surface area contributed by atoms with Crippen LogP contribution in [0.3, 0.4) is 0 Å². The van der Waals surface area contributed by atoms with Gasteiger partial charge in [0.15, 0.2) is 0 Å². The lowest BCUT2D eigenvalue weighted by molar-refractivity contribution is -1.06. The Morgan fingerprint density at radius 1 is 0.524 bits per heavy atom. The minimum atomic E-state index is 0. The molecule has 3 heteroatoms. The molecule has 4 saturated heterocycles. The van der Waals surface area contributed by atoms with Gasteiger partial charge in [-0.05, 0) is 114 Å². The molecule has 1 unspecified atom stereocenters. The predicted molar refractivity (Wildman–Crippen MR) is 192 cm³/mol. The van der Waals surface area contributed by atoms with Crippen molar-refractivity contribution >= 4 is 0 Å². The molecule has 1 atom stereocenters. The fraction of sp³-hybridized carbons (Fsp3) is 1.00. The molecule has 3 nitrogen and oxygen atoms in total. The van der Waals surface area contributed by atoms with Crippen LogP contribution in [0.2, 0.25) is 0 Å². The molecule has 0 N–H and O–H groups in total. The summed E-state index contributed by atoms with van der Waals surface area (Å²) >= 11 is 0. The molecule has 254 valence electrons. The first-order valence-electron chi connectivity index (χ1n) is 16.8. The Hall–Kier alpha value is -0.120. The quantitative estimate of drug-likeness (QED) is 0.278. The lowest BCUT2D eigenvalue weighted by Crippen LogP contribution is -2.84. The third-order valence-electron chi connectivity index (χ3n) is 14.5. The minimum Gasteiger partial charge on any atom is -0.327 e. The highest BCUT2D eigenvalue weighted by Crippen LogP contribution is 2.73. The SMILES string of the molecule is C.CC(C)(C)CC1C(C)(C)[N+](C)(C)C1(C)C.CC(C)(C)CC1C2C(C)(C)[N+](C)(C1(C)C)C2(C)C.CC(C)(C)[N+](C)(C)C. The van der Waals surface area contributed by atoms with Crippen LogP contribution in [-0.4, -0.2) is 89.0 Å². The van der Waals surface area contributed by atoms with Crippen molar-refractivity contribution in [2.24, 2.45) is 28.6 Å². The Labute approximate surface area is 269 Å². The van der Waals surface area contributed by atoms with Crippen molar-refractivity contribution in [3.63, 3.8) is 0 Å². The molecule has 4 fully saturated rings. The van der Waals surface area contributed by atoms with Crippen molar-refractivity contribution < 1.29 is 13.4 Å². The van der Waals surface area contributed by atoms with E-state index in [2.05, 4.69) is 174 Å². The number of hydrogen-bond acceptors (Lipinski definition) is 0. The second-order valence-corrected chi connectivity index (χ2v) is 22.1. The average molecular weight is 597 g/mol. The molecule has 4 aliphatic heterocycles. The van der Waals surface area contributed by atoms with Crippen molar-refractivity contribution in [2.45, 2.75) is 185 Å². The van der Waals surface area contributed by atoms with Crippen LogP contribution in [0.15, 0.2) is 0 Å². The van der Waals surface area contributed by atoms with Crippen LogP contribution < -0.4 is 0 Å². The van der Waals surface area contributed by atoms with Crippen molar-refractivity contribution in [3.8, 4) is 0 Å². The van der Waals surface area contributed by atoms with Gasteiger partial charge in [0, 0.05) is 5.92 Å². The minimum absolute atomic E-state index is 0. The van der Waals surface area contributed by atoms with Crippen LogP contribution in [0, 0.1) is 28.6 Å². The van der Waals surface area contributed by atoms with E-state index in [1.807, 2.05) is 0 Å². The predicted octanol–water partition coefficient (Wildman–Crippen LogP) is 10.3. The summed E-state index contributed by atoms with van der Waals surface area (Å²) in [5.74, 6) is 2.51. The first-order chi connectivity index (χ1) is 17.3. The van der Waals surface area contributed by atoms with Crippen LogP contribution in [-0.2, 0) is 0 Å². The van der Waals surface area contributed by atoms with Crippen LogP contribution in [0.1, 0.15) is 152 Å². The van der Waals surface area contributed by atoms with Gasteiger partial charge in [-0.1, -0.05) is 49.0 Å². The molecule has 0 aromatic carbocycles. The third-order valence-corrected chi connectivity index (χ3v) is 14.5. The van der Waals surface area contributed by atoms with Gasteiger partial charge in [0.2, 0.25) is 0 Å². The van der Waals surface area contributed by atoms with E-state index in [0.29, 0.717) is 44.1 Å². The van der Waals surface area contributed by atoms with Crippen molar-refractivity contribution in [2.75, 3.05) is 42.3 Å². The normalized spacial score (nSPS) is 31.6. The number of fused-ring (bicyclic) bond motifs is 1. The molecule has 4 aliphatic rings. The van der Waals surface area contributed by atoms with E-state index in [4.69, 9.17) is 0 Å². The molecular weight excluding hydrogens is 510 g/mol. The van der Waals surface area contributed by atoms with Gasteiger partial charge in [-0.25, -0.2) is 0 Å². The lowest BCUT2D eigenvalue weighted by Gasteiger charge is -2.71. The maximum Gasteiger partial charge on any atom is 0.104 e. The summed E-state index contributed by atoms with van der Waals surface area (Å²) in [6.07, 6.45) is 2.68. The van der Waals surface area contributed by atoms with E-state index in [1.54, 1.807) is 0 Å². The fourth-order valence-electron chi connectivity index (χ4n) is 9.77. The van der Waals surface area contributed by atoms with E-state index in [0.717, 1.165) is 26.7 Å². The van der Waals surface area contributed by atoms with Gasteiger partial charge in [0.1, 0.15) is 22.2 Å². The first-order valence-corrected chi connectivity index (χ1v) is 16.8. The molecule has 0 aromatic heterocycles. The summed E-state index contributed by atoms with van der Waals surface area (Å²) in [4.78, 5) is 0. The Bertz CT molecular complexity index is 871. The van der Waals surface area contributed by atoms with Gasteiger partial charge >= 0.3 is 0 Å². The maximum absolute atomic E-state index is 2.51. The van der Waals surface area contributed by atoms with Crippen LogP contribution >= 0.6 is 0 Å². The summed E-state index contributed by atoms with van der Waals surface area (Å²) in [7, 11) is 13.9. The highest BCUT2D eigenvalue weighted by atomic mass is 15.6. The molecule has 2 bridgehead atoms. The van der Waals surface area contributed by atoms with E-state index < -0.39 is 0 Å². The highest BCUT2D eigenvalue weighted by Gasteiger charge is 2.86. The summed E-state index contributed by atoms with van der Waals surface area (Å²) < 4.78 is 3.40. The molecule has 0 aromatic rings. The molecule has 0 aliphatic carbocycles. The summed E-state index contributed by atoms with van der Waals surface area (Å²) in [6, 6.07) is 0. The number of quaternary nitrogens is 3. The molecule has 0 saturated carbocycles. The number of hydrogen-bond donors (Lipinski definition) is 0. The first kappa shape index (κ1) is 41.9. The number of nitrogens with zero attached hydrogens (tertiary/aromatic N) is 3. The number of rotatable bonds is 2. The van der Waals surface area contributed by atoms with Crippen molar-refractivity contribution in [1.29, 1.82) is 0 Å². The number of likely N-dealkylation sites (tertiary alicyclic amines) is 1. The topological polar surface area (TPSA) is 0 Å². The van der Waals surface area contributed by atoms with Crippen molar-refractivity contribution in [1.82, 2.24) is 0 Å². The molecule has 4 rings (SSSR count). The second-order valence-electron chi connectivity index (χ2n) is 22.1. The van der Waals surface area contributed by atoms with Gasteiger partial charge in [0.25, 0.3) is 0 Å². The fourth-order valence-corrected chi connectivity index (χ4v) is 9.77. The zero-order valence-corrected chi connectivity index (χ0v) is 33.5. The molecular formula is C39H86N3+3. The zero-order chi connectivity index (χ0) is 33.6. The Kier molecular flexibility index (Phi) is 11.0. The summed E-state index contributed by atoms with van der Waals surface area (Å²) in [5.41, 5.74) is 3.34. The van der Waals surface area contributed by atoms with Gasteiger partial charge in [-0.15, -0.1) is 0 Å². The van der Waals surface area contributed by atoms with E-state index >= 15 is 0 Å². The second kappa shape index (κ2) is 11.0. The average Bonchev–Trinajstić information content (AvgIpc) is 2.87. The van der Waals surface area contributed by atoms with E-state index in [9.17, 15) is 0 Å². The Morgan fingerprint density at radius 2 is 0.810 bits per heavy atom. The van der Waals surface area contributed by atoms with E-state index in [-0.39, 0.29) is 7.43 Å². The molecule has 42 heavy (non-hydrogen) atoms. The van der Waals surface area contributed by atoms with Crippen LogP contribution in [0.4, 0.5) is 0 Å². The van der Waals surface area contributed by atoms with Gasteiger partial charge in [-0.3, -0.25) is 0 Å². The van der Waals surface area contributed by atoms with E-state index in [1.165, 1.54) is 17.3 Å². The van der Waals surface area contributed by atoms with Crippen LogP contribution in [0.5, 0.6) is 0 Å². The monoisotopic (exact) mass is 597 g/mol. The molecule has 0 spiro atoms. The van der Waals surface area contributed by atoms with Crippen LogP contribution in [0.25, 0.3) is 0 Å². The van der Waals surface area contributed by atoms with Gasteiger partial charge in [-0.2, -0.15) is 0 Å². The standard InChI is InChI=1S/C17H34N.C14H30N.C7H18N.CH4/c1-14(2,3)11-12-13-16(6,7)18(10,15(12,4)5)17(13,8)9;1-12(2,3)10-11-13(4,5)15(8,9)14(11,6)7;1-7(2,3)8(4,5)6;/h12-13H,11H2,1-10H3;11H,10H2,1-9H3;1-6H3;1H4/q3*+1;. The molecule has 0 radical (unpaired) electrons. The maximum atomic E-state index is 2.51. The largest absolute Gasteiger partial charge is 0.327 e.